The fourth-order valence-electron chi connectivity index (χ4n) is 0.830. The number of anilines is 1. The molecule has 1 rings (SSSR count). The molecular weight excluding hydrogens is 154 g/mol. The average molecular weight is 164 g/mol. The van der Waals surface area contributed by atoms with Crippen LogP contribution >= 0.6 is 0 Å². The highest BCUT2D eigenvalue weighted by Gasteiger charge is 2.08. The molecular formula is C9H10NO2. The van der Waals surface area contributed by atoms with Gasteiger partial charge in [-0.2, -0.15) is 0 Å². The summed E-state index contributed by atoms with van der Waals surface area (Å²) < 4.78 is 4.76. The summed E-state index contributed by atoms with van der Waals surface area (Å²) in [4.78, 5) is 11.1. The number of ether oxygens (including phenoxy) is 1. The van der Waals surface area contributed by atoms with Crippen LogP contribution in [0.1, 0.15) is 17.3 Å². The molecule has 0 spiro atoms. The Balaban J connectivity index is 2.87. The van der Waals surface area contributed by atoms with Gasteiger partial charge in [-0.25, -0.2) is 4.79 Å². The molecule has 0 saturated heterocycles. The first kappa shape index (κ1) is 8.59. The Morgan fingerprint density at radius 3 is 3.08 bits per heavy atom. The molecule has 0 fully saturated rings. The third-order valence-corrected chi connectivity index (χ3v) is 1.37. The zero-order chi connectivity index (χ0) is 8.97. The SMILES string of the molecule is CCOC(=O)c1[c]cccc1N. The van der Waals surface area contributed by atoms with E-state index < -0.39 is 5.97 Å². The van der Waals surface area contributed by atoms with Gasteiger partial charge in [-0.1, -0.05) is 12.1 Å². The largest absolute Gasteiger partial charge is 0.462 e. The van der Waals surface area contributed by atoms with E-state index in [9.17, 15) is 4.79 Å². The van der Waals surface area contributed by atoms with Gasteiger partial charge in [0, 0.05) is 5.69 Å². The van der Waals surface area contributed by atoms with Crippen molar-refractivity contribution in [2.45, 2.75) is 6.92 Å². The topological polar surface area (TPSA) is 52.3 Å². The molecule has 63 valence electrons. The smallest absolute Gasteiger partial charge is 0.340 e. The first-order valence-electron chi connectivity index (χ1n) is 3.69. The molecule has 1 aromatic rings. The Bertz CT molecular complexity index is 284. The van der Waals surface area contributed by atoms with Gasteiger partial charge in [0.15, 0.2) is 0 Å². The molecule has 0 atom stereocenters. The molecule has 0 saturated carbocycles. The summed E-state index contributed by atoms with van der Waals surface area (Å²) in [5, 5.41) is 0. The maximum Gasteiger partial charge on any atom is 0.340 e. The molecule has 2 N–H and O–H groups in total. The minimum atomic E-state index is -0.421. The highest BCUT2D eigenvalue weighted by molar-refractivity contribution is 5.94. The second-order valence-corrected chi connectivity index (χ2v) is 2.22. The average Bonchev–Trinajstić information content (AvgIpc) is 2.05. The van der Waals surface area contributed by atoms with Gasteiger partial charge < -0.3 is 10.5 Å². The summed E-state index contributed by atoms with van der Waals surface area (Å²) in [6.07, 6.45) is 0. The standard InChI is InChI=1S/C9H10NO2/c1-2-12-9(11)7-5-3-4-6-8(7)10/h3-4,6H,2,10H2,1H3. The van der Waals surface area contributed by atoms with Crippen LogP contribution in [-0.4, -0.2) is 12.6 Å². The van der Waals surface area contributed by atoms with E-state index in [1.807, 2.05) is 0 Å². The summed E-state index contributed by atoms with van der Waals surface area (Å²) in [6.45, 7) is 2.10. The van der Waals surface area contributed by atoms with Crippen LogP contribution in [0.4, 0.5) is 5.69 Å². The Hall–Kier alpha value is -1.51. The van der Waals surface area contributed by atoms with Gasteiger partial charge in [0.05, 0.1) is 12.2 Å². The highest BCUT2D eigenvalue weighted by Crippen LogP contribution is 2.10. The van der Waals surface area contributed by atoms with Crippen LogP contribution in [0.2, 0.25) is 0 Å². The van der Waals surface area contributed by atoms with Crippen molar-refractivity contribution >= 4 is 11.7 Å². The summed E-state index contributed by atoms with van der Waals surface area (Å²) in [5.41, 5.74) is 6.22. The van der Waals surface area contributed by atoms with Crippen molar-refractivity contribution < 1.29 is 9.53 Å². The Morgan fingerprint density at radius 2 is 2.50 bits per heavy atom. The number of benzene rings is 1. The lowest BCUT2D eigenvalue weighted by Gasteiger charge is -2.02. The van der Waals surface area contributed by atoms with E-state index >= 15 is 0 Å². The van der Waals surface area contributed by atoms with Gasteiger partial charge in [0.25, 0.3) is 0 Å². The highest BCUT2D eigenvalue weighted by atomic mass is 16.5. The second kappa shape index (κ2) is 3.76. The third-order valence-electron chi connectivity index (χ3n) is 1.37. The van der Waals surface area contributed by atoms with E-state index in [0.29, 0.717) is 17.9 Å². The van der Waals surface area contributed by atoms with E-state index in [4.69, 9.17) is 10.5 Å². The predicted octanol–water partition coefficient (Wildman–Crippen LogP) is 1.25. The van der Waals surface area contributed by atoms with E-state index in [1.165, 1.54) is 0 Å². The lowest BCUT2D eigenvalue weighted by molar-refractivity contribution is 0.0527. The van der Waals surface area contributed by atoms with Crippen molar-refractivity contribution in [2.24, 2.45) is 0 Å². The quantitative estimate of drug-likeness (QED) is 0.528. The molecule has 12 heavy (non-hydrogen) atoms. The number of rotatable bonds is 2. The number of nitrogens with two attached hydrogens (primary N) is 1. The molecule has 0 aliphatic rings. The van der Waals surface area contributed by atoms with Crippen LogP contribution in [-0.2, 0) is 4.74 Å². The molecule has 3 heteroatoms. The van der Waals surface area contributed by atoms with Crippen LogP contribution in [0.3, 0.4) is 0 Å². The number of hydrogen-bond donors (Lipinski definition) is 1. The maximum atomic E-state index is 11.1. The monoisotopic (exact) mass is 164 g/mol. The van der Waals surface area contributed by atoms with Crippen LogP contribution in [0.25, 0.3) is 0 Å². The molecule has 1 radical (unpaired) electrons. The molecule has 0 unspecified atom stereocenters. The summed E-state index contributed by atoms with van der Waals surface area (Å²) >= 11 is 0. The molecule has 0 aliphatic heterocycles. The number of esters is 1. The van der Waals surface area contributed by atoms with Gasteiger partial charge in [-0.3, -0.25) is 0 Å². The predicted molar refractivity (Wildman–Crippen MR) is 45.6 cm³/mol. The van der Waals surface area contributed by atoms with Crippen molar-refractivity contribution in [2.75, 3.05) is 12.3 Å². The summed E-state index contributed by atoms with van der Waals surface area (Å²) in [6, 6.07) is 7.71. The fraction of sp³-hybridized carbons (Fsp3) is 0.222. The molecule has 0 amide bonds. The summed E-state index contributed by atoms with van der Waals surface area (Å²) in [7, 11) is 0. The van der Waals surface area contributed by atoms with E-state index in [0.717, 1.165) is 0 Å². The van der Waals surface area contributed by atoms with Gasteiger partial charge in [0.2, 0.25) is 0 Å². The number of carbonyl (C=O) groups excluding carboxylic acids is 1. The van der Waals surface area contributed by atoms with Crippen molar-refractivity contribution in [3.8, 4) is 0 Å². The first-order chi connectivity index (χ1) is 5.75. The molecule has 0 aliphatic carbocycles. The van der Waals surface area contributed by atoms with Crippen molar-refractivity contribution in [3.05, 3.63) is 29.8 Å². The van der Waals surface area contributed by atoms with Crippen LogP contribution in [0, 0.1) is 6.07 Å². The van der Waals surface area contributed by atoms with Crippen LogP contribution in [0.15, 0.2) is 18.2 Å². The lowest BCUT2D eigenvalue weighted by Crippen LogP contribution is -2.07. The van der Waals surface area contributed by atoms with Crippen LogP contribution < -0.4 is 5.73 Å². The van der Waals surface area contributed by atoms with Gasteiger partial charge >= 0.3 is 5.97 Å². The minimum Gasteiger partial charge on any atom is -0.462 e. The zero-order valence-corrected chi connectivity index (χ0v) is 6.83. The molecule has 1 aromatic carbocycles. The van der Waals surface area contributed by atoms with Gasteiger partial charge in [-0.15, -0.1) is 0 Å². The number of nitrogen functional groups attached to an aromatic ring is 1. The third kappa shape index (κ3) is 1.75. The normalized spacial score (nSPS) is 9.42. The Morgan fingerprint density at radius 1 is 1.75 bits per heavy atom. The zero-order valence-electron chi connectivity index (χ0n) is 6.83. The molecule has 3 nitrogen and oxygen atoms in total. The lowest BCUT2D eigenvalue weighted by atomic mass is 10.2. The van der Waals surface area contributed by atoms with Gasteiger partial charge in [0.1, 0.15) is 0 Å². The van der Waals surface area contributed by atoms with Crippen molar-refractivity contribution in [1.29, 1.82) is 0 Å². The van der Waals surface area contributed by atoms with E-state index in [-0.39, 0.29) is 0 Å². The Labute approximate surface area is 71.1 Å². The fourth-order valence-corrected chi connectivity index (χ4v) is 0.830. The second-order valence-electron chi connectivity index (χ2n) is 2.22. The maximum absolute atomic E-state index is 11.1. The Kier molecular flexibility index (Phi) is 2.69. The molecule has 0 aromatic heterocycles. The van der Waals surface area contributed by atoms with Gasteiger partial charge in [-0.05, 0) is 19.1 Å². The number of hydrogen-bond acceptors (Lipinski definition) is 3. The molecule has 0 heterocycles. The van der Waals surface area contributed by atoms with Crippen molar-refractivity contribution in [3.63, 3.8) is 0 Å². The molecule has 0 bridgehead atoms. The van der Waals surface area contributed by atoms with Crippen LogP contribution in [0.5, 0.6) is 0 Å². The van der Waals surface area contributed by atoms with E-state index in [2.05, 4.69) is 6.07 Å². The minimum absolute atomic E-state index is 0.305. The first-order valence-corrected chi connectivity index (χ1v) is 3.69. The van der Waals surface area contributed by atoms with E-state index in [1.54, 1.807) is 25.1 Å². The summed E-state index contributed by atoms with van der Waals surface area (Å²) in [5.74, 6) is -0.421. The van der Waals surface area contributed by atoms with Crippen molar-refractivity contribution in [1.82, 2.24) is 0 Å². The number of carbonyl (C=O) groups is 1.